The van der Waals surface area contributed by atoms with Crippen LogP contribution in [0.3, 0.4) is 0 Å². The fourth-order valence-electron chi connectivity index (χ4n) is 3.51. The molecule has 0 radical (unpaired) electrons. The molecule has 1 aromatic carbocycles. The third-order valence-electron chi connectivity index (χ3n) is 5.17. The summed E-state index contributed by atoms with van der Waals surface area (Å²) in [6.45, 7) is 3.94. The highest BCUT2D eigenvalue weighted by atomic mass is 32.2. The van der Waals surface area contributed by atoms with Crippen molar-refractivity contribution in [2.24, 2.45) is 0 Å². The van der Waals surface area contributed by atoms with Crippen LogP contribution in [0, 0.1) is 0 Å². The fraction of sp³-hybridized carbons (Fsp3) is 0.632. The first-order valence-electron chi connectivity index (χ1n) is 9.75. The number of amides is 1. The molecule has 0 aliphatic carbocycles. The summed E-state index contributed by atoms with van der Waals surface area (Å²) in [5.41, 5.74) is 0. The molecule has 2 fully saturated rings. The Balaban J connectivity index is 1.71. The van der Waals surface area contributed by atoms with Gasteiger partial charge in [0.1, 0.15) is 5.75 Å². The number of sulfonamides is 1. The lowest BCUT2D eigenvalue weighted by Gasteiger charge is -2.29. The lowest BCUT2D eigenvalue weighted by molar-refractivity contribution is -0.131. The Bertz CT molecular complexity index is 741. The first-order valence-corrected chi connectivity index (χ1v) is 11.2. The SMILES string of the molecule is COc1ccc(S(=O)(=O)N(CCC(=O)N2CCNCC2)CC2CCCO2)cc1. The van der Waals surface area contributed by atoms with Gasteiger partial charge in [-0.05, 0) is 37.1 Å². The van der Waals surface area contributed by atoms with Crippen molar-refractivity contribution in [3.63, 3.8) is 0 Å². The van der Waals surface area contributed by atoms with Gasteiger partial charge in [0.15, 0.2) is 0 Å². The Labute approximate surface area is 166 Å². The van der Waals surface area contributed by atoms with Crippen LogP contribution in [0.5, 0.6) is 5.75 Å². The average Bonchev–Trinajstić information content (AvgIpc) is 3.24. The molecule has 9 heteroatoms. The highest BCUT2D eigenvalue weighted by Gasteiger charge is 2.30. The van der Waals surface area contributed by atoms with Crippen molar-refractivity contribution < 1.29 is 22.7 Å². The van der Waals surface area contributed by atoms with Crippen LogP contribution >= 0.6 is 0 Å². The summed E-state index contributed by atoms with van der Waals surface area (Å²) in [5, 5.41) is 3.21. The summed E-state index contributed by atoms with van der Waals surface area (Å²) in [4.78, 5) is 14.5. The van der Waals surface area contributed by atoms with Crippen molar-refractivity contribution in [3.05, 3.63) is 24.3 Å². The number of piperazine rings is 1. The molecule has 0 bridgehead atoms. The lowest BCUT2D eigenvalue weighted by atomic mass is 10.2. The monoisotopic (exact) mass is 411 g/mol. The molecule has 28 heavy (non-hydrogen) atoms. The van der Waals surface area contributed by atoms with Gasteiger partial charge < -0.3 is 19.7 Å². The van der Waals surface area contributed by atoms with Crippen LogP contribution in [0.2, 0.25) is 0 Å². The second kappa shape index (κ2) is 9.69. The van der Waals surface area contributed by atoms with Crippen molar-refractivity contribution >= 4 is 15.9 Å². The molecule has 8 nitrogen and oxygen atoms in total. The standard InChI is InChI=1S/C19H29N3O5S/c1-26-16-4-6-18(7-5-16)28(24,25)22(15-17-3-2-14-27-17)11-8-19(23)21-12-9-20-10-13-21/h4-7,17,20H,2-3,8-15H2,1H3. The van der Waals surface area contributed by atoms with Crippen LogP contribution in [0.4, 0.5) is 0 Å². The maximum Gasteiger partial charge on any atom is 0.243 e. The quantitative estimate of drug-likeness (QED) is 0.677. The molecule has 1 amide bonds. The second-order valence-corrected chi connectivity index (χ2v) is 8.99. The molecule has 0 saturated carbocycles. The normalized spacial score (nSPS) is 20.5. The van der Waals surface area contributed by atoms with Gasteiger partial charge in [0.25, 0.3) is 0 Å². The van der Waals surface area contributed by atoms with E-state index in [4.69, 9.17) is 9.47 Å². The molecule has 2 heterocycles. The minimum atomic E-state index is -3.73. The molecule has 1 N–H and O–H groups in total. The van der Waals surface area contributed by atoms with Gasteiger partial charge in [-0.3, -0.25) is 4.79 Å². The highest BCUT2D eigenvalue weighted by Crippen LogP contribution is 2.22. The van der Waals surface area contributed by atoms with E-state index < -0.39 is 10.0 Å². The number of nitrogens with zero attached hydrogens (tertiary/aromatic N) is 2. The van der Waals surface area contributed by atoms with Crippen LogP contribution < -0.4 is 10.1 Å². The number of carbonyl (C=O) groups is 1. The molecule has 2 saturated heterocycles. The van der Waals surface area contributed by atoms with Crippen LogP contribution in [0.15, 0.2) is 29.2 Å². The number of nitrogens with one attached hydrogen (secondary N) is 1. The van der Waals surface area contributed by atoms with Crippen LogP contribution in [0.25, 0.3) is 0 Å². The van der Waals surface area contributed by atoms with Crippen molar-refractivity contribution in [2.75, 3.05) is 53.0 Å². The van der Waals surface area contributed by atoms with Crippen LogP contribution in [-0.4, -0.2) is 82.6 Å². The van der Waals surface area contributed by atoms with Crippen molar-refractivity contribution in [1.82, 2.24) is 14.5 Å². The van der Waals surface area contributed by atoms with Gasteiger partial charge in [0.2, 0.25) is 15.9 Å². The van der Waals surface area contributed by atoms with E-state index in [0.29, 0.717) is 25.4 Å². The summed E-state index contributed by atoms with van der Waals surface area (Å²) in [6, 6.07) is 6.33. The zero-order valence-corrected chi connectivity index (χ0v) is 17.1. The highest BCUT2D eigenvalue weighted by molar-refractivity contribution is 7.89. The number of rotatable bonds is 8. The van der Waals surface area contributed by atoms with Crippen molar-refractivity contribution in [3.8, 4) is 5.75 Å². The molecule has 156 valence electrons. The molecule has 0 spiro atoms. The van der Waals surface area contributed by atoms with Crippen molar-refractivity contribution in [2.45, 2.75) is 30.3 Å². The maximum absolute atomic E-state index is 13.2. The van der Waals surface area contributed by atoms with Gasteiger partial charge in [0.05, 0.1) is 18.1 Å². The van der Waals surface area contributed by atoms with E-state index in [1.807, 2.05) is 0 Å². The van der Waals surface area contributed by atoms with E-state index in [1.54, 1.807) is 17.0 Å². The summed E-state index contributed by atoms with van der Waals surface area (Å²) in [7, 11) is -2.19. The van der Waals surface area contributed by atoms with Gasteiger partial charge in [0, 0.05) is 52.3 Å². The Morgan fingerprint density at radius 2 is 2.00 bits per heavy atom. The third-order valence-corrected chi connectivity index (χ3v) is 7.05. The van der Waals surface area contributed by atoms with Crippen molar-refractivity contribution in [1.29, 1.82) is 0 Å². The van der Waals surface area contributed by atoms with E-state index in [1.165, 1.54) is 23.5 Å². The molecule has 2 aliphatic rings. The van der Waals surface area contributed by atoms with E-state index in [-0.39, 0.29) is 36.4 Å². The van der Waals surface area contributed by atoms with Gasteiger partial charge in [-0.25, -0.2) is 8.42 Å². The first-order chi connectivity index (χ1) is 13.5. The van der Waals surface area contributed by atoms with Gasteiger partial charge >= 0.3 is 0 Å². The first kappa shape index (κ1) is 21.0. The molecule has 1 unspecified atom stereocenters. The predicted molar refractivity (Wildman–Crippen MR) is 105 cm³/mol. The molecular formula is C19H29N3O5S. The number of hydrogen-bond donors (Lipinski definition) is 1. The van der Waals surface area contributed by atoms with Gasteiger partial charge in [-0.1, -0.05) is 0 Å². The smallest absolute Gasteiger partial charge is 0.243 e. The Morgan fingerprint density at radius 3 is 2.61 bits per heavy atom. The number of carbonyl (C=O) groups excluding carboxylic acids is 1. The minimum Gasteiger partial charge on any atom is -0.497 e. The summed E-state index contributed by atoms with van der Waals surface area (Å²) in [5.74, 6) is 0.585. The topological polar surface area (TPSA) is 88.2 Å². The second-order valence-electron chi connectivity index (χ2n) is 7.05. The minimum absolute atomic E-state index is 0.0104. The lowest BCUT2D eigenvalue weighted by Crippen LogP contribution is -2.47. The Kier molecular flexibility index (Phi) is 7.28. The molecule has 2 aliphatic heterocycles. The summed E-state index contributed by atoms with van der Waals surface area (Å²) >= 11 is 0. The third kappa shape index (κ3) is 5.22. The number of hydrogen-bond acceptors (Lipinski definition) is 6. The van der Waals surface area contributed by atoms with E-state index in [0.717, 1.165) is 25.9 Å². The number of benzene rings is 1. The summed E-state index contributed by atoms with van der Waals surface area (Å²) in [6.07, 6.45) is 1.81. The van der Waals surface area contributed by atoms with E-state index in [9.17, 15) is 13.2 Å². The average molecular weight is 412 g/mol. The van der Waals surface area contributed by atoms with E-state index in [2.05, 4.69) is 5.32 Å². The Morgan fingerprint density at radius 1 is 1.29 bits per heavy atom. The zero-order chi connectivity index (χ0) is 20.0. The molecule has 3 rings (SSSR count). The molecule has 1 atom stereocenters. The molecule has 0 aromatic heterocycles. The van der Waals surface area contributed by atoms with Crippen LogP contribution in [0.1, 0.15) is 19.3 Å². The molecule has 1 aromatic rings. The maximum atomic E-state index is 13.2. The molecular weight excluding hydrogens is 382 g/mol. The Hall–Kier alpha value is -1.68. The van der Waals surface area contributed by atoms with Gasteiger partial charge in [-0.2, -0.15) is 4.31 Å². The number of methoxy groups -OCH3 is 1. The summed E-state index contributed by atoms with van der Waals surface area (Å²) < 4.78 is 38.6. The number of ether oxygens (including phenoxy) is 2. The van der Waals surface area contributed by atoms with Crippen LogP contribution in [-0.2, 0) is 19.6 Å². The van der Waals surface area contributed by atoms with E-state index >= 15 is 0 Å². The fourth-order valence-corrected chi connectivity index (χ4v) is 4.99. The van der Waals surface area contributed by atoms with Gasteiger partial charge in [-0.15, -0.1) is 0 Å². The largest absolute Gasteiger partial charge is 0.497 e. The predicted octanol–water partition coefficient (Wildman–Crippen LogP) is 0.687. The zero-order valence-electron chi connectivity index (χ0n) is 16.3.